The molecule has 13 heteroatoms. The Hall–Kier alpha value is -5.85. The van der Waals surface area contributed by atoms with Crippen LogP contribution in [0, 0.1) is 11.3 Å². The first-order valence-corrected chi connectivity index (χ1v) is 15.4. The van der Waals surface area contributed by atoms with Gasteiger partial charge >= 0.3 is 18.1 Å². The van der Waals surface area contributed by atoms with E-state index in [1.165, 1.54) is 42.3 Å². The summed E-state index contributed by atoms with van der Waals surface area (Å²) in [6.45, 7) is 3.69. The summed E-state index contributed by atoms with van der Waals surface area (Å²) in [6.07, 6.45) is 1.77. The average molecular weight is 654 g/mol. The van der Waals surface area contributed by atoms with Crippen LogP contribution >= 0.6 is 0 Å². The maximum absolute atomic E-state index is 13.7. The van der Waals surface area contributed by atoms with E-state index in [0.717, 1.165) is 0 Å². The highest BCUT2D eigenvalue weighted by atomic mass is 16.6. The van der Waals surface area contributed by atoms with Gasteiger partial charge in [0.2, 0.25) is 11.8 Å². The summed E-state index contributed by atoms with van der Waals surface area (Å²) in [7, 11) is 1.48. The first-order chi connectivity index (χ1) is 23.0. The van der Waals surface area contributed by atoms with Crippen LogP contribution in [0.3, 0.4) is 0 Å². The Morgan fingerprint density at radius 1 is 0.938 bits per heavy atom. The standard InChI is InChI=1S/C35H31N3O10/c1-3-15-34(30(42)36-32(44)37-31(34)43)18-7-11-21(12-8-18)46-33(45)38(2)25-6-4-5-24-28(25)29(41)48-35(24)22-13-9-19(39)16-26(22)47-27-17-20(40)10-14-23(27)35/h3-6,9-10,13-14,16-18,21,39-40H,1,7-8,11-12,15H2,2H3,(H2,36,37,42,43,44). The number of phenols is 2. The van der Waals surface area contributed by atoms with E-state index in [1.807, 2.05) is 0 Å². The summed E-state index contributed by atoms with van der Waals surface area (Å²) >= 11 is 0. The second-order valence-corrected chi connectivity index (χ2v) is 12.4. The molecule has 48 heavy (non-hydrogen) atoms. The van der Waals surface area contributed by atoms with Crippen molar-refractivity contribution in [2.24, 2.45) is 11.3 Å². The molecule has 3 aliphatic heterocycles. The molecule has 0 aromatic heterocycles. The lowest BCUT2D eigenvalue weighted by molar-refractivity contribution is -0.150. The van der Waals surface area contributed by atoms with Crippen molar-refractivity contribution in [1.82, 2.24) is 10.6 Å². The number of rotatable bonds is 5. The summed E-state index contributed by atoms with van der Waals surface area (Å²) in [5.74, 6) is -2.12. The molecule has 3 aromatic rings. The van der Waals surface area contributed by atoms with E-state index in [4.69, 9.17) is 14.2 Å². The van der Waals surface area contributed by atoms with E-state index in [0.29, 0.717) is 42.4 Å². The number of fused-ring (bicyclic) bond motifs is 6. The minimum absolute atomic E-state index is 0.0515. The lowest BCUT2D eigenvalue weighted by Gasteiger charge is -2.42. The number of hydrogen-bond acceptors (Lipinski definition) is 10. The van der Waals surface area contributed by atoms with Gasteiger partial charge in [0.05, 0.1) is 11.3 Å². The fourth-order valence-electron chi connectivity index (χ4n) is 7.52. The maximum atomic E-state index is 13.7. The second-order valence-electron chi connectivity index (χ2n) is 12.4. The van der Waals surface area contributed by atoms with Crippen molar-refractivity contribution in [2.75, 3.05) is 11.9 Å². The van der Waals surface area contributed by atoms with Crippen LogP contribution in [0.15, 0.2) is 67.3 Å². The number of urea groups is 1. The molecule has 7 rings (SSSR count). The Labute approximate surface area is 274 Å². The highest BCUT2D eigenvalue weighted by Crippen LogP contribution is 2.58. The third-order valence-electron chi connectivity index (χ3n) is 9.79. The third kappa shape index (κ3) is 4.48. The molecular weight excluding hydrogens is 622 g/mol. The quantitative estimate of drug-likeness (QED) is 0.171. The van der Waals surface area contributed by atoms with Crippen molar-refractivity contribution in [3.05, 3.63) is 89.5 Å². The molecule has 5 amide bonds. The Balaban J connectivity index is 1.15. The number of nitrogens with zero attached hydrogens (tertiary/aromatic N) is 1. The molecule has 1 spiro atoms. The lowest BCUT2D eigenvalue weighted by Crippen LogP contribution is -2.65. The van der Waals surface area contributed by atoms with Crippen molar-refractivity contribution >= 4 is 35.6 Å². The summed E-state index contributed by atoms with van der Waals surface area (Å²) < 4.78 is 18.0. The fraction of sp³-hybridized carbons (Fsp3) is 0.286. The number of amides is 5. The zero-order chi connectivity index (χ0) is 34.0. The molecule has 2 fully saturated rings. The Bertz CT molecular complexity index is 1860. The second kappa shape index (κ2) is 11.1. The van der Waals surface area contributed by atoms with Gasteiger partial charge in [-0.15, -0.1) is 6.58 Å². The average Bonchev–Trinajstić information content (AvgIpc) is 3.35. The molecule has 1 saturated heterocycles. The number of barbiturate groups is 1. The molecule has 4 N–H and O–H groups in total. The molecular formula is C35H31N3O10. The van der Waals surface area contributed by atoms with Crippen LogP contribution in [0.1, 0.15) is 59.2 Å². The van der Waals surface area contributed by atoms with Gasteiger partial charge in [-0.2, -0.15) is 0 Å². The van der Waals surface area contributed by atoms with Crippen LogP contribution in [0.4, 0.5) is 15.3 Å². The molecule has 0 bridgehead atoms. The van der Waals surface area contributed by atoms with Crippen molar-refractivity contribution in [1.29, 1.82) is 0 Å². The van der Waals surface area contributed by atoms with E-state index < -0.39 is 52.9 Å². The molecule has 13 nitrogen and oxygen atoms in total. The number of aromatic hydroxyl groups is 2. The highest BCUT2D eigenvalue weighted by molar-refractivity contribution is 6.19. The monoisotopic (exact) mass is 653 g/mol. The van der Waals surface area contributed by atoms with E-state index in [-0.39, 0.29) is 40.7 Å². The van der Waals surface area contributed by atoms with Crippen LogP contribution in [0.5, 0.6) is 23.0 Å². The summed E-state index contributed by atoms with van der Waals surface area (Å²) in [5.41, 5.74) is -1.28. The normalized spacial score (nSPS) is 21.4. The lowest BCUT2D eigenvalue weighted by atomic mass is 9.64. The van der Waals surface area contributed by atoms with E-state index in [9.17, 15) is 34.2 Å². The van der Waals surface area contributed by atoms with Gasteiger partial charge in [0.1, 0.15) is 34.5 Å². The summed E-state index contributed by atoms with van der Waals surface area (Å²) in [5, 5.41) is 24.8. The van der Waals surface area contributed by atoms with Gasteiger partial charge in [-0.05, 0) is 68.4 Å². The number of imide groups is 2. The predicted molar refractivity (Wildman–Crippen MR) is 168 cm³/mol. The van der Waals surface area contributed by atoms with E-state index in [1.54, 1.807) is 30.3 Å². The Kier molecular flexibility index (Phi) is 7.15. The molecule has 3 aromatic carbocycles. The number of benzene rings is 3. The van der Waals surface area contributed by atoms with Gasteiger partial charge in [0, 0.05) is 35.9 Å². The Morgan fingerprint density at radius 3 is 2.12 bits per heavy atom. The van der Waals surface area contributed by atoms with Gasteiger partial charge in [-0.1, -0.05) is 18.2 Å². The SMILES string of the molecule is C=CCC1(C2CCC(OC(=O)N(C)c3cccc4c3C(=O)OC43c4ccc(O)cc4Oc4cc(O)ccc43)CC2)C(=O)NC(=O)NC1=O. The number of phenolic OH excluding ortho intramolecular Hbond substituents is 2. The van der Waals surface area contributed by atoms with Crippen LogP contribution in [-0.2, 0) is 24.7 Å². The summed E-state index contributed by atoms with van der Waals surface area (Å²) in [4.78, 5) is 66.1. The van der Waals surface area contributed by atoms with Gasteiger partial charge in [-0.25, -0.2) is 14.4 Å². The van der Waals surface area contributed by atoms with Crippen LogP contribution in [0.2, 0.25) is 0 Å². The zero-order valence-electron chi connectivity index (χ0n) is 25.8. The first kappa shape index (κ1) is 30.8. The zero-order valence-corrected chi connectivity index (χ0v) is 25.8. The number of carbonyl (C=O) groups is 5. The fourth-order valence-corrected chi connectivity index (χ4v) is 7.52. The number of ether oxygens (including phenoxy) is 3. The summed E-state index contributed by atoms with van der Waals surface area (Å²) in [6, 6.07) is 13.0. The molecule has 1 aliphatic carbocycles. The minimum atomic E-state index is -1.50. The number of hydrogen-bond donors (Lipinski definition) is 4. The number of esters is 1. The predicted octanol–water partition coefficient (Wildman–Crippen LogP) is 4.73. The number of carbonyl (C=O) groups excluding carboxylic acids is 5. The van der Waals surface area contributed by atoms with Gasteiger partial charge in [0.25, 0.3) is 0 Å². The number of allylic oxidation sites excluding steroid dienone is 1. The maximum Gasteiger partial charge on any atom is 0.414 e. The van der Waals surface area contributed by atoms with Crippen molar-refractivity contribution in [3.8, 4) is 23.0 Å². The van der Waals surface area contributed by atoms with Crippen LogP contribution < -0.4 is 20.3 Å². The van der Waals surface area contributed by atoms with Gasteiger partial charge < -0.3 is 24.4 Å². The number of nitrogens with one attached hydrogen (secondary N) is 2. The van der Waals surface area contributed by atoms with Crippen molar-refractivity contribution < 1.29 is 48.4 Å². The minimum Gasteiger partial charge on any atom is -0.508 e. The van der Waals surface area contributed by atoms with E-state index in [2.05, 4.69) is 17.2 Å². The highest BCUT2D eigenvalue weighted by Gasteiger charge is 2.56. The van der Waals surface area contributed by atoms with Crippen molar-refractivity contribution in [3.63, 3.8) is 0 Å². The van der Waals surface area contributed by atoms with Gasteiger partial charge in [0.15, 0.2) is 5.60 Å². The van der Waals surface area contributed by atoms with Crippen LogP contribution in [0.25, 0.3) is 0 Å². The molecule has 246 valence electrons. The molecule has 0 radical (unpaired) electrons. The topological polar surface area (TPSA) is 181 Å². The molecule has 3 heterocycles. The van der Waals surface area contributed by atoms with Crippen LogP contribution in [-0.4, -0.2) is 53.3 Å². The Morgan fingerprint density at radius 2 is 1.54 bits per heavy atom. The molecule has 1 saturated carbocycles. The van der Waals surface area contributed by atoms with E-state index >= 15 is 0 Å². The molecule has 4 aliphatic rings. The van der Waals surface area contributed by atoms with Gasteiger partial charge in [-0.3, -0.25) is 25.1 Å². The molecule has 0 atom stereocenters. The third-order valence-corrected chi connectivity index (χ3v) is 9.79. The molecule has 0 unspecified atom stereocenters. The first-order valence-electron chi connectivity index (χ1n) is 15.4. The number of anilines is 1. The largest absolute Gasteiger partial charge is 0.508 e. The smallest absolute Gasteiger partial charge is 0.414 e. The van der Waals surface area contributed by atoms with Crippen molar-refractivity contribution in [2.45, 2.75) is 43.8 Å².